The highest BCUT2D eigenvalue weighted by molar-refractivity contribution is 7.21. The van der Waals surface area contributed by atoms with E-state index in [1.165, 1.54) is 11.3 Å². The van der Waals surface area contributed by atoms with Crippen molar-refractivity contribution in [3.05, 3.63) is 28.4 Å². The number of nitrogen functional groups attached to an aromatic ring is 1. The molecule has 4 heterocycles. The molecule has 1 unspecified atom stereocenters. The number of likely N-dealkylation sites (tertiary alicyclic amines) is 1. The third kappa shape index (κ3) is 2.99. The van der Waals surface area contributed by atoms with Crippen LogP contribution in [0.15, 0.2) is 17.3 Å². The summed E-state index contributed by atoms with van der Waals surface area (Å²) in [5.41, 5.74) is 8.65. The molecule has 2 aliphatic heterocycles. The number of rotatable bonds is 4. The minimum atomic E-state index is -0.00898. The van der Waals surface area contributed by atoms with Crippen LogP contribution in [-0.2, 0) is 0 Å². The van der Waals surface area contributed by atoms with Crippen molar-refractivity contribution in [2.75, 3.05) is 25.4 Å². The number of anilines is 1. The highest BCUT2D eigenvalue weighted by Gasteiger charge is 2.33. The Kier molecular flexibility index (Phi) is 4.46. The summed E-state index contributed by atoms with van der Waals surface area (Å²) in [6.07, 6.45) is 6.89. The van der Waals surface area contributed by atoms with E-state index in [9.17, 15) is 4.79 Å². The van der Waals surface area contributed by atoms with E-state index >= 15 is 0 Å². The Balaban J connectivity index is 1.39. The van der Waals surface area contributed by atoms with Gasteiger partial charge in [0.15, 0.2) is 0 Å². The van der Waals surface area contributed by atoms with E-state index in [0.29, 0.717) is 35.6 Å². The molecule has 1 atom stereocenters. The van der Waals surface area contributed by atoms with Gasteiger partial charge in [0.05, 0.1) is 11.4 Å². The second-order valence-corrected chi connectivity index (χ2v) is 7.92. The second kappa shape index (κ2) is 6.77. The number of nitrogens with one attached hydrogen (secondary N) is 1. The lowest BCUT2D eigenvalue weighted by molar-refractivity contribution is 0.0571. The molecule has 0 aromatic carbocycles. The summed E-state index contributed by atoms with van der Waals surface area (Å²) >= 11 is 1.34. The van der Waals surface area contributed by atoms with Crippen LogP contribution < -0.4 is 11.1 Å². The lowest BCUT2D eigenvalue weighted by Crippen LogP contribution is -2.60. The van der Waals surface area contributed by atoms with Gasteiger partial charge in [-0.2, -0.15) is 5.10 Å². The first-order valence-corrected chi connectivity index (χ1v) is 9.59. The van der Waals surface area contributed by atoms with Crippen molar-refractivity contribution in [2.45, 2.75) is 26.3 Å². The normalized spacial score (nSPS) is 19.9. The van der Waals surface area contributed by atoms with E-state index in [2.05, 4.69) is 26.6 Å². The number of carbonyl (C=O) groups is 1. The van der Waals surface area contributed by atoms with E-state index in [-0.39, 0.29) is 5.91 Å². The molecule has 136 valence electrons. The summed E-state index contributed by atoms with van der Waals surface area (Å²) < 4.78 is 0. The quantitative estimate of drug-likeness (QED) is 0.857. The molecule has 1 saturated heterocycles. The van der Waals surface area contributed by atoms with E-state index in [1.807, 2.05) is 31.2 Å². The molecule has 2 aromatic rings. The van der Waals surface area contributed by atoms with E-state index in [0.717, 1.165) is 34.4 Å². The third-order valence-electron chi connectivity index (χ3n) is 5.12. The molecule has 0 bridgehead atoms. The van der Waals surface area contributed by atoms with Crippen LogP contribution in [-0.4, -0.2) is 52.9 Å². The van der Waals surface area contributed by atoms with Crippen LogP contribution in [0.3, 0.4) is 0 Å². The smallest absolute Gasteiger partial charge is 0.266 e. The maximum atomic E-state index is 12.8. The summed E-state index contributed by atoms with van der Waals surface area (Å²) in [5, 5.41) is 12.7. The Hall–Kier alpha value is -2.32. The van der Waals surface area contributed by atoms with E-state index in [4.69, 9.17) is 5.73 Å². The molecule has 4 rings (SSSR count). The molecule has 2 aromatic heterocycles. The van der Waals surface area contributed by atoms with Crippen molar-refractivity contribution < 1.29 is 4.79 Å². The highest BCUT2D eigenvalue weighted by Crippen LogP contribution is 2.36. The van der Waals surface area contributed by atoms with Crippen molar-refractivity contribution >= 4 is 39.4 Å². The lowest BCUT2D eigenvalue weighted by atomic mass is 10.0. The van der Waals surface area contributed by atoms with Crippen LogP contribution in [0.2, 0.25) is 0 Å². The number of hydrogen-bond acceptors (Lipinski definition) is 7. The predicted molar refractivity (Wildman–Crippen MR) is 105 cm³/mol. The third-order valence-corrected chi connectivity index (χ3v) is 6.20. The minimum absolute atomic E-state index is 0.00898. The lowest BCUT2D eigenvalue weighted by Gasteiger charge is -2.40. The molecule has 3 N–H and O–H groups in total. The van der Waals surface area contributed by atoms with Gasteiger partial charge >= 0.3 is 0 Å². The summed E-state index contributed by atoms with van der Waals surface area (Å²) in [6, 6.07) is 0.339. The van der Waals surface area contributed by atoms with Crippen LogP contribution in [0.1, 0.15) is 27.3 Å². The average molecular weight is 370 g/mol. The first-order valence-electron chi connectivity index (χ1n) is 8.77. The van der Waals surface area contributed by atoms with Gasteiger partial charge < -0.3 is 16.0 Å². The molecule has 0 spiro atoms. The topological polar surface area (TPSA) is 96.5 Å². The average Bonchev–Trinajstić information content (AvgIpc) is 2.95. The highest BCUT2D eigenvalue weighted by atomic mass is 32.1. The summed E-state index contributed by atoms with van der Waals surface area (Å²) in [7, 11) is 0. The number of thiophene rings is 1. The fourth-order valence-electron chi connectivity index (χ4n) is 3.29. The minimum Gasteiger partial charge on any atom is -0.397 e. The molecule has 2 aliphatic rings. The van der Waals surface area contributed by atoms with Crippen molar-refractivity contribution in [3.63, 3.8) is 0 Å². The predicted octanol–water partition coefficient (Wildman–Crippen LogP) is 1.91. The Labute approximate surface area is 156 Å². The Morgan fingerprint density at radius 2 is 2.19 bits per heavy atom. The van der Waals surface area contributed by atoms with Gasteiger partial charge in [-0.15, -0.1) is 16.4 Å². The number of aliphatic imine (C=N–C) groups is 1. The SMILES string of the molecule is Cc1nnc2sc(C(=O)N3CC(NCC4C=CN=CC4)C3)c(N)c2c1C. The maximum absolute atomic E-state index is 12.8. The molecule has 0 saturated carbocycles. The number of hydrogen-bond donors (Lipinski definition) is 2. The van der Waals surface area contributed by atoms with Crippen LogP contribution >= 0.6 is 11.3 Å². The van der Waals surface area contributed by atoms with Crippen molar-refractivity contribution in [1.29, 1.82) is 0 Å². The molecule has 1 fully saturated rings. The number of aryl methyl sites for hydroxylation is 2. The number of fused-ring (bicyclic) bond motifs is 1. The van der Waals surface area contributed by atoms with E-state index < -0.39 is 0 Å². The van der Waals surface area contributed by atoms with Gasteiger partial charge in [-0.3, -0.25) is 9.79 Å². The van der Waals surface area contributed by atoms with Gasteiger partial charge in [0.1, 0.15) is 9.71 Å². The summed E-state index contributed by atoms with van der Waals surface area (Å²) in [5.74, 6) is 0.477. The van der Waals surface area contributed by atoms with Crippen molar-refractivity contribution in [1.82, 2.24) is 20.4 Å². The zero-order valence-electron chi connectivity index (χ0n) is 14.9. The number of nitrogens with two attached hydrogens (primary N) is 1. The Morgan fingerprint density at radius 3 is 2.92 bits per heavy atom. The molecule has 1 amide bonds. The number of carbonyl (C=O) groups excluding carboxylic acids is 1. The summed E-state index contributed by atoms with van der Waals surface area (Å²) in [6.45, 7) is 6.20. The molecule has 7 nitrogen and oxygen atoms in total. The molecule has 0 aliphatic carbocycles. The molecular formula is C18H22N6OS. The Morgan fingerprint density at radius 1 is 1.38 bits per heavy atom. The van der Waals surface area contributed by atoms with Gasteiger partial charge in [0.2, 0.25) is 0 Å². The van der Waals surface area contributed by atoms with Crippen LogP contribution in [0.5, 0.6) is 0 Å². The first-order chi connectivity index (χ1) is 12.5. The fraction of sp³-hybridized carbons (Fsp3) is 0.444. The van der Waals surface area contributed by atoms with Crippen LogP contribution in [0.25, 0.3) is 10.2 Å². The van der Waals surface area contributed by atoms with Gasteiger partial charge in [0, 0.05) is 43.5 Å². The molecular weight excluding hydrogens is 348 g/mol. The zero-order valence-corrected chi connectivity index (χ0v) is 15.7. The standard InChI is InChI=1S/C18H22N6OS/c1-10-11(2)22-23-17-14(10)15(19)16(26-17)18(25)24-8-13(9-24)21-7-12-3-5-20-6-4-12/h3,5-6,12-13,21H,4,7-9,19H2,1-2H3. The Bertz CT molecular complexity index is 912. The number of amides is 1. The van der Waals surface area contributed by atoms with Crippen molar-refractivity contribution in [2.24, 2.45) is 10.9 Å². The fourth-order valence-corrected chi connectivity index (χ4v) is 4.36. The number of aromatic nitrogens is 2. The van der Waals surface area contributed by atoms with Crippen LogP contribution in [0.4, 0.5) is 5.69 Å². The molecule has 26 heavy (non-hydrogen) atoms. The monoisotopic (exact) mass is 370 g/mol. The van der Waals surface area contributed by atoms with Crippen molar-refractivity contribution in [3.8, 4) is 0 Å². The van der Waals surface area contributed by atoms with Gasteiger partial charge in [-0.1, -0.05) is 6.08 Å². The molecule has 8 heteroatoms. The van der Waals surface area contributed by atoms with E-state index in [1.54, 1.807) is 0 Å². The number of nitrogens with zero attached hydrogens (tertiary/aromatic N) is 4. The van der Waals surface area contributed by atoms with Gasteiger partial charge in [-0.05, 0) is 31.7 Å². The second-order valence-electron chi connectivity index (χ2n) is 6.92. The summed E-state index contributed by atoms with van der Waals surface area (Å²) in [4.78, 5) is 20.1. The first kappa shape index (κ1) is 17.1. The largest absolute Gasteiger partial charge is 0.397 e. The zero-order chi connectivity index (χ0) is 18.3. The maximum Gasteiger partial charge on any atom is 0.266 e. The molecule has 0 radical (unpaired) electrons. The van der Waals surface area contributed by atoms with Gasteiger partial charge in [-0.25, -0.2) is 0 Å². The van der Waals surface area contributed by atoms with Gasteiger partial charge in [0.25, 0.3) is 5.91 Å². The van der Waals surface area contributed by atoms with Crippen LogP contribution in [0, 0.1) is 19.8 Å².